The van der Waals surface area contributed by atoms with Gasteiger partial charge in [0, 0.05) is 30.4 Å². The minimum atomic E-state index is -3.69. The van der Waals surface area contributed by atoms with Crippen molar-refractivity contribution in [2.24, 2.45) is 7.05 Å². The van der Waals surface area contributed by atoms with Crippen molar-refractivity contribution < 1.29 is 12.8 Å². The third kappa shape index (κ3) is 3.65. The zero-order valence-electron chi connectivity index (χ0n) is 14.1. The topological polar surface area (TPSA) is 64.0 Å². The summed E-state index contributed by atoms with van der Waals surface area (Å²) in [6.45, 7) is 3.76. The standard InChI is InChI=1S/C17H18FN3O2S2/c1-11-10-24-17(20-11)15-8-16(12(2)21(15)3)25(22,23)19-9-13-4-6-14(18)7-5-13/h4-8,10,19H,9H2,1-3H3. The number of aryl methyl sites for hydroxylation is 1. The van der Waals surface area contributed by atoms with Crippen LogP contribution in [0.1, 0.15) is 17.0 Å². The van der Waals surface area contributed by atoms with Gasteiger partial charge >= 0.3 is 0 Å². The molecule has 8 heteroatoms. The van der Waals surface area contributed by atoms with E-state index in [2.05, 4.69) is 9.71 Å². The molecule has 2 heterocycles. The van der Waals surface area contributed by atoms with E-state index in [1.807, 2.05) is 23.9 Å². The number of nitrogens with one attached hydrogen (secondary N) is 1. The lowest BCUT2D eigenvalue weighted by Gasteiger charge is -2.07. The smallest absolute Gasteiger partial charge is 0.242 e. The molecule has 0 aliphatic heterocycles. The van der Waals surface area contributed by atoms with E-state index in [4.69, 9.17) is 0 Å². The van der Waals surface area contributed by atoms with Crippen LogP contribution >= 0.6 is 11.3 Å². The molecule has 0 bridgehead atoms. The van der Waals surface area contributed by atoms with E-state index in [1.165, 1.54) is 23.5 Å². The molecule has 0 saturated carbocycles. The molecule has 0 spiro atoms. The maximum absolute atomic E-state index is 12.9. The van der Waals surface area contributed by atoms with Crippen LogP contribution in [0.15, 0.2) is 40.6 Å². The van der Waals surface area contributed by atoms with Gasteiger partial charge in [0.2, 0.25) is 10.0 Å². The molecule has 0 unspecified atom stereocenters. The lowest BCUT2D eigenvalue weighted by Crippen LogP contribution is -2.23. The molecule has 0 aliphatic carbocycles. The third-order valence-electron chi connectivity index (χ3n) is 4.00. The average molecular weight is 379 g/mol. The second-order valence-electron chi connectivity index (χ2n) is 5.78. The first-order valence-corrected chi connectivity index (χ1v) is 9.97. The number of thiazole rings is 1. The van der Waals surface area contributed by atoms with Gasteiger partial charge < -0.3 is 4.57 Å². The Labute approximate surface area is 150 Å². The summed E-state index contributed by atoms with van der Waals surface area (Å²) in [6, 6.07) is 7.36. The molecule has 25 heavy (non-hydrogen) atoms. The second-order valence-corrected chi connectivity index (χ2v) is 8.38. The first kappa shape index (κ1) is 17.8. The van der Waals surface area contributed by atoms with Crippen LogP contribution in [0.25, 0.3) is 10.7 Å². The van der Waals surface area contributed by atoms with Gasteiger partial charge in [0.1, 0.15) is 15.7 Å². The van der Waals surface area contributed by atoms with E-state index in [-0.39, 0.29) is 17.3 Å². The summed E-state index contributed by atoms with van der Waals surface area (Å²) in [7, 11) is -1.87. The van der Waals surface area contributed by atoms with Crippen molar-refractivity contribution in [1.82, 2.24) is 14.3 Å². The predicted octanol–water partition coefficient (Wildman–Crippen LogP) is 3.38. The van der Waals surface area contributed by atoms with Crippen LogP contribution in [0.3, 0.4) is 0 Å². The van der Waals surface area contributed by atoms with Crippen LogP contribution in [-0.2, 0) is 23.6 Å². The van der Waals surface area contributed by atoms with Gasteiger partial charge in [-0.1, -0.05) is 12.1 Å². The molecule has 1 N–H and O–H groups in total. The molecule has 0 saturated heterocycles. The summed E-state index contributed by atoms with van der Waals surface area (Å²) < 4.78 is 42.7. The SMILES string of the molecule is Cc1csc(-c2cc(S(=O)(=O)NCc3ccc(F)cc3)c(C)n2C)n1. The maximum atomic E-state index is 12.9. The first-order chi connectivity index (χ1) is 11.8. The number of sulfonamides is 1. The molecule has 0 aliphatic rings. The van der Waals surface area contributed by atoms with Crippen LogP contribution < -0.4 is 4.72 Å². The van der Waals surface area contributed by atoms with Gasteiger partial charge in [-0.05, 0) is 37.6 Å². The van der Waals surface area contributed by atoms with Crippen LogP contribution in [0.4, 0.5) is 4.39 Å². The van der Waals surface area contributed by atoms with Gasteiger partial charge in [0.25, 0.3) is 0 Å². The van der Waals surface area contributed by atoms with Gasteiger partial charge in [-0.3, -0.25) is 0 Å². The lowest BCUT2D eigenvalue weighted by molar-refractivity contribution is 0.580. The van der Waals surface area contributed by atoms with Gasteiger partial charge in [-0.2, -0.15) is 0 Å². The fourth-order valence-corrected chi connectivity index (χ4v) is 4.63. The molecule has 1 aromatic carbocycles. The minimum absolute atomic E-state index is 0.0998. The summed E-state index contributed by atoms with van der Waals surface area (Å²) >= 11 is 1.48. The Hall–Kier alpha value is -2.03. The molecule has 3 aromatic rings. The van der Waals surface area contributed by atoms with Gasteiger partial charge in [-0.15, -0.1) is 11.3 Å². The zero-order chi connectivity index (χ0) is 18.2. The number of hydrogen-bond acceptors (Lipinski definition) is 4. The summed E-state index contributed by atoms with van der Waals surface area (Å²) in [5.74, 6) is -0.353. The lowest BCUT2D eigenvalue weighted by atomic mass is 10.2. The molecule has 0 amide bonds. The Morgan fingerprint density at radius 2 is 1.92 bits per heavy atom. The van der Waals surface area contributed by atoms with Crippen molar-refractivity contribution in [3.05, 3.63) is 58.5 Å². The number of aromatic nitrogens is 2. The number of halogens is 1. The van der Waals surface area contributed by atoms with Crippen LogP contribution in [0.2, 0.25) is 0 Å². The van der Waals surface area contributed by atoms with Crippen LogP contribution in [0, 0.1) is 19.7 Å². The molecule has 0 radical (unpaired) electrons. The second kappa shape index (κ2) is 6.70. The van der Waals surface area contributed by atoms with Crippen molar-refractivity contribution in [2.75, 3.05) is 0 Å². The van der Waals surface area contributed by atoms with Crippen LogP contribution in [-0.4, -0.2) is 18.0 Å². The minimum Gasteiger partial charge on any atom is -0.345 e. The van der Waals surface area contributed by atoms with E-state index < -0.39 is 10.0 Å². The normalized spacial score (nSPS) is 11.8. The van der Waals surface area contributed by atoms with Gasteiger partial charge in [0.05, 0.1) is 5.69 Å². The number of benzene rings is 1. The highest BCUT2D eigenvalue weighted by molar-refractivity contribution is 7.89. The molecule has 0 fully saturated rings. The Bertz CT molecular complexity index is 1010. The Morgan fingerprint density at radius 1 is 1.24 bits per heavy atom. The third-order valence-corrected chi connectivity index (χ3v) is 6.50. The molecule has 3 rings (SSSR count). The molecular formula is C17H18FN3O2S2. The van der Waals surface area contributed by atoms with Crippen molar-refractivity contribution in [1.29, 1.82) is 0 Å². The number of rotatable bonds is 5. The highest BCUT2D eigenvalue weighted by Crippen LogP contribution is 2.29. The summed E-state index contributed by atoms with van der Waals surface area (Å²) in [4.78, 5) is 4.65. The van der Waals surface area contributed by atoms with Crippen LogP contribution in [0.5, 0.6) is 0 Å². The predicted molar refractivity (Wildman–Crippen MR) is 96.4 cm³/mol. The number of nitrogens with zero attached hydrogens (tertiary/aromatic N) is 2. The monoisotopic (exact) mass is 379 g/mol. The number of hydrogen-bond donors (Lipinski definition) is 1. The van der Waals surface area contributed by atoms with E-state index >= 15 is 0 Å². The van der Waals surface area contributed by atoms with Gasteiger partial charge in [-0.25, -0.2) is 22.5 Å². The summed E-state index contributed by atoms with van der Waals surface area (Å²) in [5.41, 5.74) is 2.99. The molecule has 5 nitrogen and oxygen atoms in total. The van der Waals surface area contributed by atoms with E-state index in [0.717, 1.165) is 16.4 Å². The van der Waals surface area contributed by atoms with Crippen molar-refractivity contribution in [3.8, 4) is 10.7 Å². The summed E-state index contributed by atoms with van der Waals surface area (Å²) in [5, 5.41) is 2.71. The first-order valence-electron chi connectivity index (χ1n) is 7.61. The fraction of sp³-hybridized carbons (Fsp3) is 0.235. The highest BCUT2D eigenvalue weighted by Gasteiger charge is 2.23. The highest BCUT2D eigenvalue weighted by atomic mass is 32.2. The molecule has 0 atom stereocenters. The molecular weight excluding hydrogens is 361 g/mol. The van der Waals surface area contributed by atoms with Crippen molar-refractivity contribution in [2.45, 2.75) is 25.3 Å². The largest absolute Gasteiger partial charge is 0.345 e. The Morgan fingerprint density at radius 3 is 2.52 bits per heavy atom. The fourth-order valence-electron chi connectivity index (χ4n) is 2.48. The van der Waals surface area contributed by atoms with Gasteiger partial charge in [0.15, 0.2) is 0 Å². The average Bonchev–Trinajstić information content (AvgIpc) is 3.12. The Balaban J connectivity index is 1.88. The maximum Gasteiger partial charge on any atom is 0.242 e. The van der Waals surface area contributed by atoms with Crippen molar-refractivity contribution in [3.63, 3.8) is 0 Å². The van der Waals surface area contributed by atoms with E-state index in [1.54, 1.807) is 25.1 Å². The van der Waals surface area contributed by atoms with E-state index in [0.29, 0.717) is 11.3 Å². The summed E-state index contributed by atoms with van der Waals surface area (Å²) in [6.07, 6.45) is 0. The molecule has 2 aromatic heterocycles. The molecule has 132 valence electrons. The van der Waals surface area contributed by atoms with E-state index in [9.17, 15) is 12.8 Å². The zero-order valence-corrected chi connectivity index (χ0v) is 15.7. The Kier molecular flexibility index (Phi) is 4.77. The van der Waals surface area contributed by atoms with Crippen molar-refractivity contribution >= 4 is 21.4 Å². The quantitative estimate of drug-likeness (QED) is 0.739.